The van der Waals surface area contributed by atoms with Crippen LogP contribution >= 0.6 is 0 Å². The molecule has 4 heteroatoms. The summed E-state index contributed by atoms with van der Waals surface area (Å²) in [6, 6.07) is 3.79. The van der Waals surface area contributed by atoms with E-state index in [1.54, 1.807) is 7.11 Å². The predicted octanol–water partition coefficient (Wildman–Crippen LogP) is 2.94. The summed E-state index contributed by atoms with van der Waals surface area (Å²) in [5.74, 6) is -0.698. The molecule has 0 radical (unpaired) electrons. The molecule has 0 aliphatic carbocycles. The third kappa shape index (κ3) is 4.35. The lowest BCUT2D eigenvalue weighted by molar-refractivity contribution is 0.198. The maximum Gasteiger partial charge on any atom is 0.129 e. The molecule has 1 atom stereocenters. The van der Waals surface area contributed by atoms with E-state index in [1.807, 2.05) is 13.8 Å². The van der Waals surface area contributed by atoms with Gasteiger partial charge in [0, 0.05) is 32.2 Å². The summed E-state index contributed by atoms with van der Waals surface area (Å²) < 4.78 is 31.6. The van der Waals surface area contributed by atoms with Crippen LogP contribution in [0.15, 0.2) is 18.2 Å². The molecule has 0 saturated carbocycles. The van der Waals surface area contributed by atoms with Gasteiger partial charge in [0.15, 0.2) is 0 Å². The van der Waals surface area contributed by atoms with Crippen molar-refractivity contribution in [2.45, 2.75) is 19.8 Å². The second kappa shape index (κ2) is 7.44. The van der Waals surface area contributed by atoms with E-state index in [1.165, 1.54) is 12.1 Å². The van der Waals surface area contributed by atoms with Crippen LogP contribution in [0.25, 0.3) is 0 Å². The molecule has 0 aliphatic heterocycles. The number of halogens is 2. The lowest BCUT2D eigenvalue weighted by Gasteiger charge is -2.22. The zero-order chi connectivity index (χ0) is 13.5. The number of ether oxygens (including phenoxy) is 1. The average molecular weight is 257 g/mol. The highest BCUT2D eigenvalue weighted by atomic mass is 19.1. The van der Waals surface area contributed by atoms with Gasteiger partial charge in [0.25, 0.3) is 0 Å². The molecule has 0 spiro atoms. The predicted molar refractivity (Wildman–Crippen MR) is 68.7 cm³/mol. The summed E-state index contributed by atoms with van der Waals surface area (Å²) in [5.41, 5.74) is 0.566. The number of rotatable bonds is 7. The molecule has 0 heterocycles. The van der Waals surface area contributed by atoms with Crippen molar-refractivity contribution in [3.63, 3.8) is 0 Å². The Labute approximate surface area is 107 Å². The Morgan fingerprint density at radius 1 is 1.28 bits per heavy atom. The van der Waals surface area contributed by atoms with Crippen molar-refractivity contribution in [1.82, 2.24) is 5.32 Å². The Hall–Kier alpha value is -1.00. The first kappa shape index (κ1) is 15.1. The van der Waals surface area contributed by atoms with Gasteiger partial charge in [-0.2, -0.15) is 0 Å². The van der Waals surface area contributed by atoms with Crippen molar-refractivity contribution in [2.24, 2.45) is 5.92 Å². The van der Waals surface area contributed by atoms with Crippen LogP contribution in [-0.2, 0) is 4.74 Å². The van der Waals surface area contributed by atoms with Crippen LogP contribution in [0.3, 0.4) is 0 Å². The van der Waals surface area contributed by atoms with E-state index in [0.717, 1.165) is 12.6 Å². The molecule has 1 aromatic rings. The van der Waals surface area contributed by atoms with Crippen LogP contribution in [0.5, 0.6) is 0 Å². The van der Waals surface area contributed by atoms with Crippen molar-refractivity contribution in [1.29, 1.82) is 0 Å². The summed E-state index contributed by atoms with van der Waals surface area (Å²) in [6.45, 7) is 6.07. The van der Waals surface area contributed by atoms with E-state index in [0.29, 0.717) is 18.7 Å². The van der Waals surface area contributed by atoms with Gasteiger partial charge in [-0.15, -0.1) is 0 Å². The first-order valence-electron chi connectivity index (χ1n) is 6.20. The standard InChI is InChI=1S/C14H21F2NO/c1-10(2)13(9-17-6-7-18-3)12-5-4-11(15)8-14(12)16/h4-5,8,10,13,17H,6-7,9H2,1-3H3. The van der Waals surface area contributed by atoms with Crippen LogP contribution in [0.1, 0.15) is 25.3 Å². The van der Waals surface area contributed by atoms with Crippen molar-refractivity contribution in [3.05, 3.63) is 35.4 Å². The quantitative estimate of drug-likeness (QED) is 0.758. The van der Waals surface area contributed by atoms with Gasteiger partial charge in [0.2, 0.25) is 0 Å². The third-order valence-corrected chi connectivity index (χ3v) is 3.01. The molecule has 0 aliphatic rings. The molecule has 0 fully saturated rings. The Morgan fingerprint density at radius 2 is 2.00 bits per heavy atom. The highest BCUT2D eigenvalue weighted by Gasteiger charge is 2.19. The topological polar surface area (TPSA) is 21.3 Å². The Morgan fingerprint density at radius 3 is 2.56 bits per heavy atom. The van der Waals surface area contributed by atoms with Crippen molar-refractivity contribution >= 4 is 0 Å². The van der Waals surface area contributed by atoms with E-state index in [-0.39, 0.29) is 11.8 Å². The molecule has 0 bridgehead atoms. The number of methoxy groups -OCH3 is 1. The van der Waals surface area contributed by atoms with Gasteiger partial charge < -0.3 is 10.1 Å². The van der Waals surface area contributed by atoms with Crippen molar-refractivity contribution in [2.75, 3.05) is 26.8 Å². The molecule has 2 nitrogen and oxygen atoms in total. The van der Waals surface area contributed by atoms with Gasteiger partial charge in [-0.3, -0.25) is 0 Å². The Kier molecular flexibility index (Phi) is 6.22. The molecular formula is C14H21F2NO. The molecule has 1 N–H and O–H groups in total. The normalized spacial score (nSPS) is 13.0. The number of hydrogen-bond donors (Lipinski definition) is 1. The largest absolute Gasteiger partial charge is 0.383 e. The maximum absolute atomic E-state index is 13.7. The number of hydrogen-bond acceptors (Lipinski definition) is 2. The minimum absolute atomic E-state index is 0.0301. The van der Waals surface area contributed by atoms with E-state index in [4.69, 9.17) is 4.74 Å². The monoisotopic (exact) mass is 257 g/mol. The highest BCUT2D eigenvalue weighted by Crippen LogP contribution is 2.26. The fourth-order valence-corrected chi connectivity index (χ4v) is 1.94. The molecule has 18 heavy (non-hydrogen) atoms. The SMILES string of the molecule is COCCNCC(c1ccc(F)cc1F)C(C)C. The van der Waals surface area contributed by atoms with E-state index in [2.05, 4.69) is 5.32 Å². The van der Waals surface area contributed by atoms with Crippen molar-refractivity contribution < 1.29 is 13.5 Å². The first-order chi connectivity index (χ1) is 8.56. The zero-order valence-corrected chi connectivity index (χ0v) is 11.2. The Bertz CT molecular complexity index is 369. The van der Waals surface area contributed by atoms with Crippen LogP contribution in [0.2, 0.25) is 0 Å². The van der Waals surface area contributed by atoms with Gasteiger partial charge in [0.1, 0.15) is 11.6 Å². The van der Waals surface area contributed by atoms with Gasteiger partial charge in [0.05, 0.1) is 6.61 Å². The zero-order valence-electron chi connectivity index (χ0n) is 11.2. The lowest BCUT2D eigenvalue weighted by atomic mass is 9.88. The van der Waals surface area contributed by atoms with Crippen LogP contribution < -0.4 is 5.32 Å². The van der Waals surface area contributed by atoms with Gasteiger partial charge in [-0.25, -0.2) is 8.78 Å². The summed E-state index contributed by atoms with van der Waals surface area (Å²) in [6.07, 6.45) is 0. The minimum Gasteiger partial charge on any atom is -0.383 e. The summed E-state index contributed by atoms with van der Waals surface area (Å²) in [5, 5.41) is 3.22. The van der Waals surface area contributed by atoms with E-state index >= 15 is 0 Å². The average Bonchev–Trinajstić information content (AvgIpc) is 2.30. The molecule has 1 rings (SSSR count). The van der Waals surface area contributed by atoms with Crippen LogP contribution in [0, 0.1) is 17.6 Å². The van der Waals surface area contributed by atoms with Gasteiger partial charge in [-0.05, 0) is 17.5 Å². The minimum atomic E-state index is -0.536. The highest BCUT2D eigenvalue weighted by molar-refractivity contribution is 5.23. The lowest BCUT2D eigenvalue weighted by Crippen LogP contribution is -2.28. The molecule has 102 valence electrons. The fourth-order valence-electron chi connectivity index (χ4n) is 1.94. The van der Waals surface area contributed by atoms with E-state index in [9.17, 15) is 8.78 Å². The Balaban J connectivity index is 2.71. The fraction of sp³-hybridized carbons (Fsp3) is 0.571. The first-order valence-corrected chi connectivity index (χ1v) is 6.20. The van der Waals surface area contributed by atoms with Crippen LogP contribution in [0.4, 0.5) is 8.78 Å². The number of benzene rings is 1. The van der Waals surface area contributed by atoms with Gasteiger partial charge >= 0.3 is 0 Å². The van der Waals surface area contributed by atoms with Gasteiger partial charge in [-0.1, -0.05) is 19.9 Å². The summed E-state index contributed by atoms with van der Waals surface area (Å²) >= 11 is 0. The van der Waals surface area contributed by atoms with Crippen LogP contribution in [-0.4, -0.2) is 26.8 Å². The summed E-state index contributed by atoms with van der Waals surface area (Å²) in [4.78, 5) is 0. The third-order valence-electron chi connectivity index (χ3n) is 3.01. The smallest absolute Gasteiger partial charge is 0.129 e. The molecule has 1 aromatic carbocycles. The van der Waals surface area contributed by atoms with E-state index < -0.39 is 11.6 Å². The molecular weight excluding hydrogens is 236 g/mol. The molecule has 0 aromatic heterocycles. The molecule has 1 unspecified atom stereocenters. The molecule has 0 amide bonds. The number of nitrogens with one attached hydrogen (secondary N) is 1. The second-order valence-corrected chi connectivity index (χ2v) is 4.71. The molecule has 0 saturated heterocycles. The maximum atomic E-state index is 13.7. The van der Waals surface area contributed by atoms with Crippen molar-refractivity contribution in [3.8, 4) is 0 Å². The second-order valence-electron chi connectivity index (χ2n) is 4.71. The summed E-state index contributed by atoms with van der Waals surface area (Å²) in [7, 11) is 1.64.